The molecule has 98 valence electrons. The number of carbonyl (C=O) groups is 1. The van der Waals surface area contributed by atoms with E-state index in [9.17, 15) is 4.79 Å². The summed E-state index contributed by atoms with van der Waals surface area (Å²) in [4.78, 5) is 19.2. The number of nitrogens with zero attached hydrogens (tertiary/aromatic N) is 2. The SMILES string of the molecule is O=C(O)c1ccc(Cc2ccc3ccccc3n2)cn1. The lowest BCUT2D eigenvalue weighted by atomic mass is 10.1. The molecular weight excluding hydrogens is 252 g/mol. The summed E-state index contributed by atoms with van der Waals surface area (Å²) in [6.07, 6.45) is 2.22. The minimum atomic E-state index is -1.01. The maximum absolute atomic E-state index is 10.7. The standard InChI is InChI=1S/C16H12N2O2/c19-16(20)15-8-5-11(10-17-15)9-13-7-6-12-3-1-2-4-14(12)18-13/h1-8,10H,9H2,(H,19,20). The molecule has 0 aliphatic rings. The Labute approximate surface area is 115 Å². The highest BCUT2D eigenvalue weighted by Crippen LogP contribution is 2.14. The summed E-state index contributed by atoms with van der Waals surface area (Å²) in [5, 5.41) is 9.92. The molecule has 0 spiro atoms. The van der Waals surface area contributed by atoms with Gasteiger partial charge in [-0.3, -0.25) is 4.98 Å². The van der Waals surface area contributed by atoms with E-state index in [-0.39, 0.29) is 5.69 Å². The Bertz CT molecular complexity index is 767. The Morgan fingerprint density at radius 2 is 1.90 bits per heavy atom. The summed E-state index contributed by atoms with van der Waals surface area (Å²) in [7, 11) is 0. The van der Waals surface area contributed by atoms with Crippen molar-refractivity contribution in [2.45, 2.75) is 6.42 Å². The summed E-state index contributed by atoms with van der Waals surface area (Å²) >= 11 is 0. The number of hydrogen-bond donors (Lipinski definition) is 1. The van der Waals surface area contributed by atoms with Gasteiger partial charge in [-0.25, -0.2) is 9.78 Å². The van der Waals surface area contributed by atoms with Gasteiger partial charge in [0, 0.05) is 23.7 Å². The molecule has 3 aromatic rings. The van der Waals surface area contributed by atoms with Gasteiger partial charge >= 0.3 is 5.97 Å². The first-order valence-corrected chi connectivity index (χ1v) is 6.25. The maximum atomic E-state index is 10.7. The molecule has 0 aliphatic carbocycles. The molecule has 4 heteroatoms. The normalized spacial score (nSPS) is 10.6. The van der Waals surface area contributed by atoms with Gasteiger partial charge in [-0.2, -0.15) is 0 Å². The van der Waals surface area contributed by atoms with Crippen LogP contribution >= 0.6 is 0 Å². The molecule has 0 saturated carbocycles. The second-order valence-corrected chi connectivity index (χ2v) is 4.53. The average Bonchev–Trinajstić information content (AvgIpc) is 2.48. The monoisotopic (exact) mass is 264 g/mol. The number of rotatable bonds is 3. The quantitative estimate of drug-likeness (QED) is 0.790. The molecule has 1 N–H and O–H groups in total. The molecule has 1 aromatic carbocycles. The zero-order valence-corrected chi connectivity index (χ0v) is 10.7. The molecule has 0 aliphatic heterocycles. The van der Waals surface area contributed by atoms with Crippen LogP contribution in [0.2, 0.25) is 0 Å². The highest BCUT2D eigenvalue weighted by atomic mass is 16.4. The summed E-state index contributed by atoms with van der Waals surface area (Å²) in [6.45, 7) is 0. The van der Waals surface area contributed by atoms with Crippen LogP contribution in [0.15, 0.2) is 54.7 Å². The fourth-order valence-electron chi connectivity index (χ4n) is 2.07. The number of para-hydroxylation sites is 1. The van der Waals surface area contributed by atoms with Crippen molar-refractivity contribution < 1.29 is 9.90 Å². The second-order valence-electron chi connectivity index (χ2n) is 4.53. The molecule has 0 atom stereocenters. The fraction of sp³-hybridized carbons (Fsp3) is 0.0625. The molecule has 3 rings (SSSR count). The van der Waals surface area contributed by atoms with Gasteiger partial charge in [-0.15, -0.1) is 0 Å². The summed E-state index contributed by atoms with van der Waals surface area (Å²) in [5.41, 5.74) is 2.90. The van der Waals surface area contributed by atoms with Crippen LogP contribution in [0.3, 0.4) is 0 Å². The van der Waals surface area contributed by atoms with Crippen molar-refractivity contribution in [3.63, 3.8) is 0 Å². The largest absolute Gasteiger partial charge is 0.477 e. The minimum absolute atomic E-state index is 0.0558. The molecule has 4 nitrogen and oxygen atoms in total. The topological polar surface area (TPSA) is 63.1 Å². The number of carboxylic acids is 1. The number of pyridine rings is 2. The third kappa shape index (κ3) is 2.49. The van der Waals surface area contributed by atoms with Crippen LogP contribution in [0.5, 0.6) is 0 Å². The summed E-state index contributed by atoms with van der Waals surface area (Å²) in [5.74, 6) is -1.01. The number of hydrogen-bond acceptors (Lipinski definition) is 3. The van der Waals surface area contributed by atoms with E-state index in [1.54, 1.807) is 12.3 Å². The van der Waals surface area contributed by atoms with Gasteiger partial charge in [0.15, 0.2) is 0 Å². The van der Waals surface area contributed by atoms with Gasteiger partial charge in [-0.1, -0.05) is 30.3 Å². The van der Waals surface area contributed by atoms with Crippen LogP contribution in [0.4, 0.5) is 0 Å². The van der Waals surface area contributed by atoms with E-state index in [1.165, 1.54) is 6.07 Å². The van der Waals surface area contributed by atoms with Gasteiger partial charge in [0.2, 0.25) is 0 Å². The van der Waals surface area contributed by atoms with Crippen LogP contribution in [0.1, 0.15) is 21.7 Å². The molecule has 0 radical (unpaired) electrons. The highest BCUT2D eigenvalue weighted by molar-refractivity contribution is 5.85. The molecule has 0 bridgehead atoms. The second kappa shape index (κ2) is 5.09. The van der Waals surface area contributed by atoms with E-state index < -0.39 is 5.97 Å². The number of carboxylic acid groups (broad SMARTS) is 1. The van der Waals surface area contributed by atoms with Crippen molar-refractivity contribution in [1.82, 2.24) is 9.97 Å². The number of aromatic nitrogens is 2. The Hall–Kier alpha value is -2.75. The van der Waals surface area contributed by atoms with Crippen LogP contribution in [-0.2, 0) is 6.42 Å². The predicted molar refractivity (Wildman–Crippen MR) is 75.7 cm³/mol. The predicted octanol–water partition coefficient (Wildman–Crippen LogP) is 2.92. The van der Waals surface area contributed by atoms with Crippen LogP contribution in [-0.4, -0.2) is 21.0 Å². The molecule has 2 heterocycles. The molecule has 0 amide bonds. The fourth-order valence-corrected chi connectivity index (χ4v) is 2.07. The van der Waals surface area contributed by atoms with Crippen molar-refractivity contribution in [3.8, 4) is 0 Å². The van der Waals surface area contributed by atoms with Crippen molar-refractivity contribution >= 4 is 16.9 Å². The third-order valence-electron chi connectivity index (χ3n) is 3.09. The van der Waals surface area contributed by atoms with E-state index in [2.05, 4.69) is 9.97 Å². The smallest absolute Gasteiger partial charge is 0.354 e. The van der Waals surface area contributed by atoms with Crippen LogP contribution < -0.4 is 0 Å². The first kappa shape index (κ1) is 12.3. The Kier molecular flexibility index (Phi) is 3.13. The van der Waals surface area contributed by atoms with E-state index in [4.69, 9.17) is 5.11 Å². The number of fused-ring (bicyclic) bond motifs is 1. The molecule has 2 aromatic heterocycles. The number of aromatic carboxylic acids is 1. The first-order valence-electron chi connectivity index (χ1n) is 6.25. The van der Waals surface area contributed by atoms with E-state index in [1.807, 2.05) is 36.4 Å². The average molecular weight is 264 g/mol. The van der Waals surface area contributed by atoms with Gasteiger partial charge in [0.1, 0.15) is 5.69 Å². The van der Waals surface area contributed by atoms with Crippen molar-refractivity contribution in [2.75, 3.05) is 0 Å². The van der Waals surface area contributed by atoms with E-state index in [0.29, 0.717) is 6.42 Å². The lowest BCUT2D eigenvalue weighted by Gasteiger charge is -2.03. The van der Waals surface area contributed by atoms with Crippen LogP contribution in [0, 0.1) is 0 Å². The zero-order valence-electron chi connectivity index (χ0n) is 10.7. The Balaban J connectivity index is 1.87. The molecule has 0 unspecified atom stereocenters. The minimum Gasteiger partial charge on any atom is -0.477 e. The van der Waals surface area contributed by atoms with Crippen molar-refractivity contribution in [2.24, 2.45) is 0 Å². The third-order valence-corrected chi connectivity index (χ3v) is 3.09. The van der Waals surface area contributed by atoms with Gasteiger partial charge in [-0.05, 0) is 23.8 Å². The summed E-state index contributed by atoms with van der Waals surface area (Å²) < 4.78 is 0. The Morgan fingerprint density at radius 1 is 1.05 bits per heavy atom. The first-order chi connectivity index (χ1) is 9.72. The van der Waals surface area contributed by atoms with Crippen LogP contribution in [0.25, 0.3) is 10.9 Å². The molecule has 20 heavy (non-hydrogen) atoms. The van der Waals surface area contributed by atoms with E-state index >= 15 is 0 Å². The molecular formula is C16H12N2O2. The van der Waals surface area contributed by atoms with E-state index in [0.717, 1.165) is 22.2 Å². The summed E-state index contributed by atoms with van der Waals surface area (Å²) in [6, 6.07) is 15.2. The zero-order chi connectivity index (χ0) is 13.9. The lowest BCUT2D eigenvalue weighted by molar-refractivity contribution is 0.0690. The molecule has 0 fully saturated rings. The maximum Gasteiger partial charge on any atom is 0.354 e. The number of benzene rings is 1. The molecule has 0 saturated heterocycles. The highest BCUT2D eigenvalue weighted by Gasteiger charge is 2.05. The lowest BCUT2D eigenvalue weighted by Crippen LogP contribution is -2.01. The van der Waals surface area contributed by atoms with Gasteiger partial charge in [0.25, 0.3) is 0 Å². The van der Waals surface area contributed by atoms with Crippen molar-refractivity contribution in [1.29, 1.82) is 0 Å². The van der Waals surface area contributed by atoms with Gasteiger partial charge in [0.05, 0.1) is 5.52 Å². The van der Waals surface area contributed by atoms with Crippen molar-refractivity contribution in [3.05, 3.63) is 71.7 Å². The van der Waals surface area contributed by atoms with Gasteiger partial charge < -0.3 is 5.11 Å². The Morgan fingerprint density at radius 3 is 2.65 bits per heavy atom.